The number of nitrogens with two attached hydrogens (primary N) is 1. The number of nitroso groups, excluding NO2 is 1. The number of hydrogen-bond donors (Lipinski definition) is 3. The standard InChI is InChI=1S/C26H25N3O8S/c1-29(2)20-14-8-10-7-13-12(16-6-3-11(38-16)9-28-37)4-5-15(30)18(13)21(31)17(10)23(33)26(14,36)24(34)19(22(20)32)25(27)35/h3-6,10,14,17,19-20,30,36H,7-9H2,1-2H3,(H2,27,35). The normalized spacial score (nSPS) is 30.6. The van der Waals surface area contributed by atoms with E-state index in [0.717, 1.165) is 4.88 Å². The predicted molar refractivity (Wildman–Crippen MR) is 134 cm³/mol. The Morgan fingerprint density at radius 3 is 2.50 bits per heavy atom. The second-order valence-electron chi connectivity index (χ2n) is 10.3. The highest BCUT2D eigenvalue weighted by Gasteiger charge is 2.69. The molecular weight excluding hydrogens is 514 g/mol. The molecule has 198 valence electrons. The van der Waals surface area contributed by atoms with E-state index in [1.807, 2.05) is 0 Å². The monoisotopic (exact) mass is 539 g/mol. The molecule has 0 radical (unpaired) electrons. The Labute approximate surface area is 220 Å². The number of rotatable bonds is 5. The molecule has 1 aromatic heterocycles. The number of likely N-dealkylation sites (N-methyl/N-ethyl adjacent to an activating group) is 1. The number of amides is 1. The van der Waals surface area contributed by atoms with Crippen molar-refractivity contribution in [1.29, 1.82) is 0 Å². The quantitative estimate of drug-likeness (QED) is 0.366. The van der Waals surface area contributed by atoms with Gasteiger partial charge >= 0.3 is 0 Å². The highest BCUT2D eigenvalue weighted by molar-refractivity contribution is 7.15. The van der Waals surface area contributed by atoms with Crippen molar-refractivity contribution in [2.24, 2.45) is 34.6 Å². The fourth-order valence-corrected chi connectivity index (χ4v) is 7.48. The summed E-state index contributed by atoms with van der Waals surface area (Å²) >= 11 is 1.31. The number of aromatic hydroxyl groups is 1. The van der Waals surface area contributed by atoms with Crippen molar-refractivity contribution in [1.82, 2.24) is 4.90 Å². The third kappa shape index (κ3) is 3.51. The Hall–Kier alpha value is -3.61. The summed E-state index contributed by atoms with van der Waals surface area (Å²) in [6.45, 7) is -0.0103. The summed E-state index contributed by atoms with van der Waals surface area (Å²) < 4.78 is 0. The Bertz CT molecular complexity index is 1430. The molecule has 1 heterocycles. The van der Waals surface area contributed by atoms with Crippen LogP contribution in [-0.2, 0) is 32.1 Å². The van der Waals surface area contributed by atoms with Crippen LogP contribution in [0.1, 0.15) is 27.2 Å². The maximum absolute atomic E-state index is 13.8. The number of carbonyl (C=O) groups excluding carboxylic acids is 5. The number of aliphatic hydroxyl groups is 1. The third-order valence-corrected chi connectivity index (χ3v) is 9.20. The summed E-state index contributed by atoms with van der Waals surface area (Å²) in [5.74, 6) is -10.8. The first-order valence-electron chi connectivity index (χ1n) is 12.0. The van der Waals surface area contributed by atoms with Crippen LogP contribution in [0.2, 0.25) is 0 Å². The van der Waals surface area contributed by atoms with Crippen LogP contribution in [0.5, 0.6) is 5.75 Å². The van der Waals surface area contributed by atoms with Crippen LogP contribution in [0.4, 0.5) is 0 Å². The van der Waals surface area contributed by atoms with Crippen molar-refractivity contribution in [2.75, 3.05) is 14.1 Å². The lowest BCUT2D eigenvalue weighted by atomic mass is 9.52. The van der Waals surface area contributed by atoms with Gasteiger partial charge in [0.15, 0.2) is 34.7 Å². The van der Waals surface area contributed by atoms with E-state index in [1.165, 1.54) is 36.4 Å². The van der Waals surface area contributed by atoms with Gasteiger partial charge < -0.3 is 15.9 Å². The van der Waals surface area contributed by atoms with Gasteiger partial charge in [-0.15, -0.1) is 11.3 Å². The number of phenolic OH excluding ortho intramolecular Hbond substituents is 1. The van der Waals surface area contributed by atoms with E-state index in [2.05, 4.69) is 5.18 Å². The van der Waals surface area contributed by atoms with Gasteiger partial charge in [0.2, 0.25) is 5.91 Å². The van der Waals surface area contributed by atoms with E-state index in [0.29, 0.717) is 16.0 Å². The van der Waals surface area contributed by atoms with Crippen molar-refractivity contribution in [2.45, 2.75) is 31.0 Å². The molecule has 5 rings (SSSR count). The van der Waals surface area contributed by atoms with Crippen LogP contribution < -0.4 is 5.73 Å². The zero-order valence-corrected chi connectivity index (χ0v) is 21.4. The van der Waals surface area contributed by atoms with E-state index >= 15 is 0 Å². The summed E-state index contributed by atoms with van der Waals surface area (Å²) in [4.78, 5) is 79.7. The summed E-state index contributed by atoms with van der Waals surface area (Å²) in [6.07, 6.45) is 0.137. The summed E-state index contributed by atoms with van der Waals surface area (Å²) in [5.41, 5.74) is 3.65. The molecule has 2 aromatic rings. The Balaban J connectivity index is 1.64. The number of Topliss-reactive ketones (excluding diaryl/α,β-unsaturated/α-hetero) is 4. The van der Waals surface area contributed by atoms with Gasteiger partial charge in [0.05, 0.1) is 17.5 Å². The number of ketones is 4. The minimum atomic E-state index is -2.76. The number of nitrogens with zero attached hydrogens (tertiary/aromatic N) is 2. The predicted octanol–water partition coefficient (Wildman–Crippen LogP) is 0.862. The molecule has 3 aliphatic carbocycles. The van der Waals surface area contributed by atoms with Gasteiger partial charge in [0.25, 0.3) is 0 Å². The molecule has 6 unspecified atom stereocenters. The van der Waals surface area contributed by atoms with Crippen LogP contribution in [0, 0.1) is 28.6 Å². The Kier molecular flexibility index (Phi) is 6.16. The molecule has 0 saturated heterocycles. The number of fused-ring (bicyclic) bond motifs is 3. The second kappa shape index (κ2) is 9.00. The van der Waals surface area contributed by atoms with Crippen LogP contribution in [0.15, 0.2) is 29.4 Å². The first-order chi connectivity index (χ1) is 17.9. The SMILES string of the molecule is CN(C)C1C(=O)C(C(N)=O)C(=O)C2(O)C(=O)C3C(=O)c4c(O)ccc(-c5ccc(CN=O)s5)c4CC3CC12. The third-order valence-electron chi connectivity index (χ3n) is 8.09. The second-order valence-corrected chi connectivity index (χ2v) is 11.5. The smallest absolute Gasteiger partial charge is 0.235 e. The molecule has 6 atom stereocenters. The number of primary amides is 1. The number of phenols is 1. The van der Waals surface area contributed by atoms with Gasteiger partial charge in [-0.1, -0.05) is 5.18 Å². The van der Waals surface area contributed by atoms with E-state index in [1.54, 1.807) is 18.2 Å². The average molecular weight is 540 g/mol. The zero-order chi connectivity index (χ0) is 27.7. The van der Waals surface area contributed by atoms with Crippen LogP contribution in [-0.4, -0.2) is 69.9 Å². The molecule has 3 aliphatic rings. The molecule has 4 N–H and O–H groups in total. The topological polar surface area (TPSA) is 184 Å². The molecule has 0 bridgehead atoms. The highest BCUT2D eigenvalue weighted by Crippen LogP contribution is 2.52. The van der Waals surface area contributed by atoms with E-state index in [9.17, 15) is 39.1 Å². The summed E-state index contributed by atoms with van der Waals surface area (Å²) in [7, 11) is 3.07. The minimum absolute atomic E-state index is 0.0103. The summed E-state index contributed by atoms with van der Waals surface area (Å²) in [6, 6.07) is 5.36. The Morgan fingerprint density at radius 2 is 1.87 bits per heavy atom. The summed E-state index contributed by atoms with van der Waals surface area (Å²) in [5, 5.41) is 25.2. The van der Waals surface area contributed by atoms with Gasteiger partial charge in [-0.2, -0.15) is 4.91 Å². The molecule has 1 aromatic carbocycles. The maximum Gasteiger partial charge on any atom is 0.235 e. The first kappa shape index (κ1) is 26.0. The Morgan fingerprint density at radius 1 is 1.16 bits per heavy atom. The molecule has 11 nitrogen and oxygen atoms in total. The number of hydrogen-bond acceptors (Lipinski definition) is 11. The van der Waals surface area contributed by atoms with Gasteiger partial charge in [0, 0.05) is 15.7 Å². The van der Waals surface area contributed by atoms with E-state index < -0.39 is 64.4 Å². The van der Waals surface area contributed by atoms with E-state index in [-0.39, 0.29) is 30.7 Å². The van der Waals surface area contributed by atoms with Gasteiger partial charge in [-0.25, -0.2) is 0 Å². The number of carbonyl (C=O) groups is 5. The van der Waals surface area contributed by atoms with Gasteiger partial charge in [-0.3, -0.25) is 28.9 Å². The molecule has 2 saturated carbocycles. The highest BCUT2D eigenvalue weighted by atomic mass is 32.1. The fraction of sp³-hybridized carbons (Fsp3) is 0.423. The number of benzene rings is 1. The minimum Gasteiger partial charge on any atom is -0.507 e. The average Bonchev–Trinajstić information content (AvgIpc) is 3.29. The lowest BCUT2D eigenvalue weighted by Crippen LogP contribution is -2.74. The molecule has 0 aliphatic heterocycles. The van der Waals surface area contributed by atoms with Gasteiger partial charge in [0.1, 0.15) is 12.3 Å². The van der Waals surface area contributed by atoms with Crippen molar-refractivity contribution < 1.29 is 34.2 Å². The lowest BCUT2D eigenvalue weighted by molar-refractivity contribution is -0.181. The molecule has 12 heteroatoms. The fourth-order valence-electron chi connectivity index (χ4n) is 6.51. The van der Waals surface area contributed by atoms with Crippen molar-refractivity contribution >= 4 is 40.4 Å². The number of thiophene rings is 1. The first-order valence-corrected chi connectivity index (χ1v) is 12.8. The molecule has 1 amide bonds. The molecule has 0 spiro atoms. The maximum atomic E-state index is 13.8. The van der Waals surface area contributed by atoms with Gasteiger partial charge in [-0.05, 0) is 68.2 Å². The lowest BCUT2D eigenvalue weighted by Gasteiger charge is -2.52. The van der Waals surface area contributed by atoms with E-state index in [4.69, 9.17) is 5.73 Å². The molecule has 2 fully saturated rings. The van der Waals surface area contributed by atoms with Crippen molar-refractivity contribution in [3.8, 4) is 16.2 Å². The van der Waals surface area contributed by atoms with Crippen LogP contribution >= 0.6 is 11.3 Å². The van der Waals surface area contributed by atoms with Crippen molar-refractivity contribution in [3.05, 3.63) is 45.2 Å². The van der Waals surface area contributed by atoms with Crippen LogP contribution in [0.3, 0.4) is 0 Å². The van der Waals surface area contributed by atoms with Crippen molar-refractivity contribution in [3.63, 3.8) is 0 Å². The molecular formula is C26H25N3O8S. The van der Waals surface area contributed by atoms with Crippen LogP contribution in [0.25, 0.3) is 10.4 Å². The molecule has 38 heavy (non-hydrogen) atoms. The zero-order valence-electron chi connectivity index (χ0n) is 20.5. The largest absolute Gasteiger partial charge is 0.507 e.